The SMILES string of the molecule is CS(=O)(=O)c1ccc(-c2nnc(NC(=O)c3ccccc3F)o2)cc1. The van der Waals surface area contributed by atoms with Gasteiger partial charge >= 0.3 is 6.01 Å². The summed E-state index contributed by atoms with van der Waals surface area (Å²) in [6.45, 7) is 0. The summed E-state index contributed by atoms with van der Waals surface area (Å²) < 4.78 is 41.7. The summed E-state index contributed by atoms with van der Waals surface area (Å²) in [5.74, 6) is -1.30. The Morgan fingerprint density at radius 1 is 1.08 bits per heavy atom. The molecule has 0 radical (unpaired) electrons. The number of sulfone groups is 1. The van der Waals surface area contributed by atoms with Crippen molar-refractivity contribution in [2.24, 2.45) is 0 Å². The van der Waals surface area contributed by atoms with E-state index in [0.717, 1.165) is 12.3 Å². The van der Waals surface area contributed by atoms with Gasteiger partial charge in [0.15, 0.2) is 9.84 Å². The molecule has 0 saturated carbocycles. The Balaban J connectivity index is 1.79. The number of carbonyl (C=O) groups excluding carboxylic acids is 1. The normalized spacial score (nSPS) is 11.3. The van der Waals surface area contributed by atoms with Crippen molar-refractivity contribution >= 4 is 21.8 Å². The van der Waals surface area contributed by atoms with E-state index >= 15 is 0 Å². The molecule has 1 N–H and O–H groups in total. The van der Waals surface area contributed by atoms with Crippen molar-refractivity contribution < 1.29 is 22.0 Å². The highest BCUT2D eigenvalue weighted by Gasteiger charge is 2.16. The highest BCUT2D eigenvalue weighted by atomic mass is 32.2. The smallest absolute Gasteiger partial charge is 0.322 e. The number of hydrogen-bond acceptors (Lipinski definition) is 6. The molecule has 0 saturated heterocycles. The predicted octanol–water partition coefficient (Wildman–Crippen LogP) is 2.53. The van der Waals surface area contributed by atoms with Gasteiger partial charge in [-0.25, -0.2) is 12.8 Å². The molecule has 7 nitrogen and oxygen atoms in total. The maximum absolute atomic E-state index is 13.6. The van der Waals surface area contributed by atoms with E-state index in [1.54, 1.807) is 0 Å². The molecule has 0 aliphatic carbocycles. The molecule has 3 aromatic rings. The van der Waals surface area contributed by atoms with Crippen LogP contribution in [-0.4, -0.2) is 30.8 Å². The Bertz CT molecular complexity index is 1030. The van der Waals surface area contributed by atoms with Crippen LogP contribution in [0.2, 0.25) is 0 Å². The number of hydrogen-bond donors (Lipinski definition) is 1. The van der Waals surface area contributed by atoms with E-state index in [4.69, 9.17) is 4.42 Å². The van der Waals surface area contributed by atoms with Crippen LogP contribution in [0.5, 0.6) is 0 Å². The second kappa shape index (κ2) is 6.44. The first-order valence-electron chi connectivity index (χ1n) is 7.04. The van der Waals surface area contributed by atoms with Crippen LogP contribution < -0.4 is 5.32 Å². The first kappa shape index (κ1) is 16.8. The number of carbonyl (C=O) groups is 1. The standard InChI is InChI=1S/C16H12FN3O4S/c1-25(22,23)11-8-6-10(7-9-11)15-19-20-16(24-15)18-14(21)12-4-2-3-5-13(12)17/h2-9H,1H3,(H,18,20,21). The monoisotopic (exact) mass is 361 g/mol. The summed E-state index contributed by atoms with van der Waals surface area (Å²) in [5, 5.41) is 9.75. The third kappa shape index (κ3) is 3.72. The molecule has 25 heavy (non-hydrogen) atoms. The highest BCUT2D eigenvalue weighted by molar-refractivity contribution is 7.90. The molecule has 0 atom stereocenters. The Morgan fingerprint density at radius 2 is 1.76 bits per heavy atom. The van der Waals surface area contributed by atoms with E-state index in [9.17, 15) is 17.6 Å². The molecule has 0 bridgehead atoms. The molecule has 0 unspecified atom stereocenters. The molecule has 1 aromatic heterocycles. The van der Waals surface area contributed by atoms with E-state index in [-0.39, 0.29) is 22.4 Å². The van der Waals surface area contributed by atoms with Gasteiger partial charge in [0.05, 0.1) is 10.5 Å². The lowest BCUT2D eigenvalue weighted by molar-refractivity contribution is 0.102. The minimum absolute atomic E-state index is 0.0869. The van der Waals surface area contributed by atoms with Crippen LogP contribution in [0.1, 0.15) is 10.4 Å². The van der Waals surface area contributed by atoms with Gasteiger partial charge in [-0.15, -0.1) is 5.10 Å². The average Bonchev–Trinajstić information content (AvgIpc) is 3.03. The third-order valence-electron chi connectivity index (χ3n) is 3.29. The van der Waals surface area contributed by atoms with Crippen molar-refractivity contribution in [3.8, 4) is 11.5 Å². The first-order chi connectivity index (χ1) is 11.8. The van der Waals surface area contributed by atoms with Crippen molar-refractivity contribution in [3.63, 3.8) is 0 Å². The Labute approximate surface area is 142 Å². The van der Waals surface area contributed by atoms with Crippen LogP contribution in [0.3, 0.4) is 0 Å². The average molecular weight is 361 g/mol. The van der Waals surface area contributed by atoms with Crippen LogP contribution in [0.25, 0.3) is 11.5 Å². The number of rotatable bonds is 4. The lowest BCUT2D eigenvalue weighted by Gasteiger charge is -2.01. The van der Waals surface area contributed by atoms with Crippen LogP contribution in [-0.2, 0) is 9.84 Å². The predicted molar refractivity (Wildman–Crippen MR) is 87.2 cm³/mol. The van der Waals surface area contributed by atoms with Gasteiger partial charge < -0.3 is 4.42 Å². The third-order valence-corrected chi connectivity index (χ3v) is 4.42. The number of benzene rings is 2. The zero-order valence-corrected chi connectivity index (χ0v) is 13.7. The van der Waals surface area contributed by atoms with Crippen LogP contribution in [0, 0.1) is 5.82 Å². The second-order valence-corrected chi connectivity index (χ2v) is 7.16. The summed E-state index contributed by atoms with van der Waals surface area (Å²) in [6.07, 6.45) is 1.10. The fraction of sp³-hybridized carbons (Fsp3) is 0.0625. The van der Waals surface area contributed by atoms with E-state index in [1.807, 2.05) is 0 Å². The van der Waals surface area contributed by atoms with Crippen molar-refractivity contribution in [1.82, 2.24) is 10.2 Å². The van der Waals surface area contributed by atoms with E-state index in [1.165, 1.54) is 42.5 Å². The summed E-state index contributed by atoms with van der Waals surface area (Å²) in [5.41, 5.74) is 0.325. The second-order valence-electron chi connectivity index (χ2n) is 5.14. The van der Waals surface area contributed by atoms with Crippen LogP contribution in [0.4, 0.5) is 10.4 Å². The fourth-order valence-electron chi connectivity index (χ4n) is 2.04. The molecular formula is C16H12FN3O4S. The lowest BCUT2D eigenvalue weighted by Crippen LogP contribution is -2.13. The summed E-state index contributed by atoms with van der Waals surface area (Å²) in [4.78, 5) is 12.1. The Hall–Kier alpha value is -3.07. The van der Waals surface area contributed by atoms with Crippen molar-refractivity contribution in [3.05, 3.63) is 59.9 Å². The quantitative estimate of drug-likeness (QED) is 0.766. The molecular weight excluding hydrogens is 349 g/mol. The molecule has 0 aliphatic heterocycles. The van der Waals surface area contributed by atoms with Gasteiger partial charge in [-0.1, -0.05) is 17.2 Å². The number of anilines is 1. The fourth-order valence-corrected chi connectivity index (χ4v) is 2.68. The molecule has 128 valence electrons. The maximum atomic E-state index is 13.6. The minimum atomic E-state index is -3.31. The maximum Gasteiger partial charge on any atom is 0.322 e. The number of halogens is 1. The van der Waals surface area contributed by atoms with Gasteiger partial charge in [0.1, 0.15) is 5.82 Å². The Morgan fingerprint density at radius 3 is 2.40 bits per heavy atom. The molecule has 1 amide bonds. The minimum Gasteiger partial charge on any atom is -0.403 e. The van der Waals surface area contributed by atoms with Gasteiger partial charge in [-0.3, -0.25) is 10.1 Å². The lowest BCUT2D eigenvalue weighted by atomic mass is 10.2. The van der Waals surface area contributed by atoms with Crippen LogP contribution in [0.15, 0.2) is 57.8 Å². The van der Waals surface area contributed by atoms with E-state index < -0.39 is 21.6 Å². The first-order valence-corrected chi connectivity index (χ1v) is 8.93. The molecule has 0 fully saturated rings. The molecule has 0 spiro atoms. The van der Waals surface area contributed by atoms with Crippen molar-refractivity contribution in [2.45, 2.75) is 4.90 Å². The summed E-state index contributed by atoms with van der Waals surface area (Å²) in [6, 6.07) is 11.1. The van der Waals surface area contributed by atoms with Crippen molar-refractivity contribution in [2.75, 3.05) is 11.6 Å². The highest BCUT2D eigenvalue weighted by Crippen LogP contribution is 2.22. The topological polar surface area (TPSA) is 102 Å². The zero-order chi connectivity index (χ0) is 18.0. The number of nitrogens with zero attached hydrogens (tertiary/aromatic N) is 2. The molecule has 3 rings (SSSR count). The van der Waals surface area contributed by atoms with Gasteiger partial charge in [0.25, 0.3) is 5.91 Å². The van der Waals surface area contributed by atoms with E-state index in [2.05, 4.69) is 15.5 Å². The molecule has 2 aromatic carbocycles. The number of nitrogens with one attached hydrogen (secondary N) is 1. The molecule has 0 aliphatic rings. The zero-order valence-electron chi connectivity index (χ0n) is 12.9. The summed E-state index contributed by atoms with van der Waals surface area (Å²) >= 11 is 0. The number of amides is 1. The number of aromatic nitrogens is 2. The van der Waals surface area contributed by atoms with Crippen LogP contribution >= 0.6 is 0 Å². The largest absolute Gasteiger partial charge is 0.403 e. The van der Waals surface area contributed by atoms with Gasteiger partial charge in [0, 0.05) is 11.8 Å². The molecule has 9 heteroatoms. The molecule has 1 heterocycles. The van der Waals surface area contributed by atoms with Crippen molar-refractivity contribution in [1.29, 1.82) is 0 Å². The van der Waals surface area contributed by atoms with Gasteiger partial charge in [-0.05, 0) is 36.4 Å². The van der Waals surface area contributed by atoms with Gasteiger partial charge in [-0.2, -0.15) is 0 Å². The summed E-state index contributed by atoms with van der Waals surface area (Å²) in [7, 11) is -3.31. The van der Waals surface area contributed by atoms with E-state index in [0.29, 0.717) is 5.56 Å². The van der Waals surface area contributed by atoms with Gasteiger partial charge in [0.2, 0.25) is 5.89 Å². The Kier molecular flexibility index (Phi) is 4.32.